The predicted octanol–water partition coefficient (Wildman–Crippen LogP) is 3.18. The second-order valence-corrected chi connectivity index (χ2v) is 7.33. The Labute approximate surface area is 186 Å². The summed E-state index contributed by atoms with van der Waals surface area (Å²) in [5, 5.41) is 21.2. The number of methoxy groups -OCH3 is 2. The average molecular weight is 441 g/mol. The Balaban J connectivity index is 2.19. The quantitative estimate of drug-likeness (QED) is 0.368. The van der Waals surface area contributed by atoms with Crippen LogP contribution in [0.4, 0.5) is 0 Å². The van der Waals surface area contributed by atoms with E-state index in [9.17, 15) is 19.8 Å². The molecule has 1 saturated heterocycles. The summed E-state index contributed by atoms with van der Waals surface area (Å²) >= 11 is 0. The van der Waals surface area contributed by atoms with Gasteiger partial charge in [0.15, 0.2) is 11.5 Å². The maximum Gasteiger partial charge on any atom is 0.295 e. The van der Waals surface area contributed by atoms with Gasteiger partial charge in [0.05, 0.1) is 31.9 Å². The van der Waals surface area contributed by atoms with Gasteiger partial charge >= 0.3 is 0 Å². The van der Waals surface area contributed by atoms with Gasteiger partial charge in [0.25, 0.3) is 11.7 Å². The molecule has 0 bridgehead atoms. The van der Waals surface area contributed by atoms with Gasteiger partial charge in [-0.25, -0.2) is 0 Å². The largest absolute Gasteiger partial charge is 0.507 e. The van der Waals surface area contributed by atoms with Crippen molar-refractivity contribution in [3.63, 3.8) is 0 Å². The van der Waals surface area contributed by atoms with Crippen molar-refractivity contribution in [3.8, 4) is 17.2 Å². The first-order chi connectivity index (χ1) is 15.3. The molecule has 2 aromatic carbocycles. The minimum absolute atomic E-state index is 0.0381. The fourth-order valence-corrected chi connectivity index (χ4v) is 3.80. The summed E-state index contributed by atoms with van der Waals surface area (Å²) in [6, 6.07) is 8.75. The molecular formula is C24H27NO7. The molecule has 8 heteroatoms. The number of phenolic OH excluding ortho intramolecular Hbond substituents is 1. The van der Waals surface area contributed by atoms with E-state index in [4.69, 9.17) is 14.2 Å². The Morgan fingerprint density at radius 1 is 1.09 bits per heavy atom. The SMILES string of the molecule is CCOc1cc(C2/C(=C(\O)c3ccc(OC)c(C)c3)C(=O)C(=O)N2CCOC)ccc1O. The molecule has 2 N–H and O–H groups in total. The highest BCUT2D eigenvalue weighted by Crippen LogP contribution is 2.42. The second kappa shape index (κ2) is 9.74. The van der Waals surface area contributed by atoms with Crippen molar-refractivity contribution in [1.29, 1.82) is 0 Å². The van der Waals surface area contributed by atoms with E-state index < -0.39 is 17.7 Å². The first-order valence-electron chi connectivity index (χ1n) is 10.2. The van der Waals surface area contributed by atoms with Crippen molar-refractivity contribution < 1.29 is 34.0 Å². The molecule has 0 radical (unpaired) electrons. The number of benzene rings is 2. The summed E-state index contributed by atoms with van der Waals surface area (Å²) in [6.45, 7) is 4.28. The first-order valence-corrected chi connectivity index (χ1v) is 10.2. The molecule has 1 aliphatic heterocycles. The lowest BCUT2D eigenvalue weighted by Gasteiger charge is -2.25. The lowest BCUT2D eigenvalue weighted by atomic mass is 9.94. The maximum absolute atomic E-state index is 13.0. The van der Waals surface area contributed by atoms with E-state index in [-0.39, 0.29) is 36.0 Å². The Hall–Kier alpha value is -3.52. The first kappa shape index (κ1) is 23.1. The molecule has 1 aliphatic rings. The van der Waals surface area contributed by atoms with Crippen LogP contribution < -0.4 is 9.47 Å². The van der Waals surface area contributed by atoms with Crippen LogP contribution in [0.25, 0.3) is 5.76 Å². The van der Waals surface area contributed by atoms with Crippen LogP contribution in [-0.4, -0.2) is 60.8 Å². The number of hydrogen-bond acceptors (Lipinski definition) is 7. The molecule has 0 spiro atoms. The van der Waals surface area contributed by atoms with E-state index in [0.29, 0.717) is 23.5 Å². The van der Waals surface area contributed by atoms with Gasteiger partial charge in [-0.15, -0.1) is 0 Å². The predicted molar refractivity (Wildman–Crippen MR) is 118 cm³/mol. The van der Waals surface area contributed by atoms with Crippen molar-refractivity contribution in [1.82, 2.24) is 4.90 Å². The van der Waals surface area contributed by atoms with E-state index in [2.05, 4.69) is 0 Å². The number of amides is 1. The van der Waals surface area contributed by atoms with Crippen molar-refractivity contribution in [2.45, 2.75) is 19.9 Å². The molecule has 170 valence electrons. The summed E-state index contributed by atoms with van der Waals surface area (Å²) in [5.74, 6) is -1.01. The number of ketones is 1. The number of aromatic hydroxyl groups is 1. The number of Topliss-reactive ketones (excluding diaryl/α,β-unsaturated/α-hetero) is 1. The van der Waals surface area contributed by atoms with Crippen molar-refractivity contribution >= 4 is 17.4 Å². The number of aliphatic hydroxyl groups excluding tert-OH is 1. The minimum Gasteiger partial charge on any atom is -0.507 e. The Morgan fingerprint density at radius 2 is 1.84 bits per heavy atom. The Bertz CT molecular complexity index is 1060. The summed E-state index contributed by atoms with van der Waals surface area (Å²) < 4.78 is 15.8. The molecular weight excluding hydrogens is 414 g/mol. The molecule has 0 saturated carbocycles. The summed E-state index contributed by atoms with van der Waals surface area (Å²) in [7, 11) is 3.05. The standard InChI is InChI=1S/C24H27NO7/c1-5-32-19-13-15(6-8-17(19)26)21-20(23(28)24(29)25(21)10-11-30-3)22(27)16-7-9-18(31-4)14(2)12-16/h6-9,12-13,21,26-27H,5,10-11H2,1-4H3/b22-20+. The van der Waals surface area contributed by atoms with Crippen LogP contribution in [0.2, 0.25) is 0 Å². The maximum atomic E-state index is 13.0. The van der Waals surface area contributed by atoms with Gasteiger partial charge in [0, 0.05) is 19.2 Å². The third-order valence-electron chi connectivity index (χ3n) is 5.34. The number of phenols is 1. The van der Waals surface area contributed by atoms with Crippen molar-refractivity contribution in [2.75, 3.05) is 34.0 Å². The molecule has 1 atom stereocenters. The summed E-state index contributed by atoms with van der Waals surface area (Å²) in [6.07, 6.45) is 0. The third-order valence-corrected chi connectivity index (χ3v) is 5.34. The van der Waals surface area contributed by atoms with Gasteiger partial charge in [0.2, 0.25) is 0 Å². The molecule has 1 heterocycles. The zero-order chi connectivity index (χ0) is 23.4. The number of nitrogens with zero attached hydrogens (tertiary/aromatic N) is 1. The molecule has 0 aliphatic carbocycles. The monoisotopic (exact) mass is 441 g/mol. The highest BCUT2D eigenvalue weighted by atomic mass is 16.5. The fourth-order valence-electron chi connectivity index (χ4n) is 3.80. The molecule has 1 amide bonds. The topological polar surface area (TPSA) is 106 Å². The molecule has 2 aromatic rings. The summed E-state index contributed by atoms with van der Waals surface area (Å²) in [5.41, 5.74) is 1.64. The number of likely N-dealkylation sites (tertiary alicyclic amines) is 1. The number of carbonyl (C=O) groups excluding carboxylic acids is 2. The van der Waals surface area contributed by atoms with Gasteiger partial charge < -0.3 is 29.3 Å². The van der Waals surface area contributed by atoms with Gasteiger partial charge in [-0.05, 0) is 55.3 Å². The van der Waals surface area contributed by atoms with Crippen molar-refractivity contribution in [3.05, 3.63) is 58.7 Å². The lowest BCUT2D eigenvalue weighted by molar-refractivity contribution is -0.140. The Kier molecular flexibility index (Phi) is 7.05. The van der Waals surface area contributed by atoms with Crippen LogP contribution in [-0.2, 0) is 14.3 Å². The van der Waals surface area contributed by atoms with Crippen LogP contribution >= 0.6 is 0 Å². The van der Waals surface area contributed by atoms with Gasteiger partial charge in [-0.1, -0.05) is 6.07 Å². The molecule has 0 aromatic heterocycles. The average Bonchev–Trinajstić information content (AvgIpc) is 3.03. The van der Waals surface area contributed by atoms with E-state index in [1.54, 1.807) is 44.4 Å². The highest BCUT2D eigenvalue weighted by Gasteiger charge is 2.46. The number of aliphatic hydroxyl groups is 1. The molecule has 3 rings (SSSR count). The number of hydrogen-bond donors (Lipinski definition) is 2. The van der Waals surface area contributed by atoms with Gasteiger partial charge in [-0.2, -0.15) is 0 Å². The van der Waals surface area contributed by atoms with E-state index in [1.807, 2.05) is 6.92 Å². The van der Waals surface area contributed by atoms with Crippen LogP contribution in [0, 0.1) is 6.92 Å². The molecule has 8 nitrogen and oxygen atoms in total. The zero-order valence-corrected chi connectivity index (χ0v) is 18.5. The lowest BCUT2D eigenvalue weighted by Crippen LogP contribution is -2.32. The van der Waals surface area contributed by atoms with E-state index in [1.165, 1.54) is 18.1 Å². The summed E-state index contributed by atoms with van der Waals surface area (Å²) in [4.78, 5) is 27.2. The highest BCUT2D eigenvalue weighted by molar-refractivity contribution is 6.46. The molecule has 1 unspecified atom stereocenters. The fraction of sp³-hybridized carbons (Fsp3) is 0.333. The number of ether oxygens (including phenoxy) is 3. The van der Waals surface area contributed by atoms with Crippen LogP contribution in [0.15, 0.2) is 42.0 Å². The third kappa shape index (κ3) is 4.27. The number of rotatable bonds is 8. The number of carbonyl (C=O) groups is 2. The van der Waals surface area contributed by atoms with Crippen molar-refractivity contribution in [2.24, 2.45) is 0 Å². The second-order valence-electron chi connectivity index (χ2n) is 7.33. The molecule has 1 fully saturated rings. The molecule has 32 heavy (non-hydrogen) atoms. The van der Waals surface area contributed by atoms with E-state index >= 15 is 0 Å². The normalized spacial score (nSPS) is 17.6. The van der Waals surface area contributed by atoms with E-state index in [0.717, 1.165) is 5.56 Å². The van der Waals surface area contributed by atoms with Gasteiger partial charge in [-0.3, -0.25) is 9.59 Å². The number of aryl methyl sites for hydroxylation is 1. The zero-order valence-electron chi connectivity index (χ0n) is 18.5. The van der Waals surface area contributed by atoms with Crippen LogP contribution in [0.3, 0.4) is 0 Å². The smallest absolute Gasteiger partial charge is 0.295 e. The van der Waals surface area contributed by atoms with Crippen LogP contribution in [0.5, 0.6) is 17.2 Å². The minimum atomic E-state index is -0.868. The Morgan fingerprint density at radius 3 is 2.47 bits per heavy atom. The van der Waals surface area contributed by atoms with Gasteiger partial charge in [0.1, 0.15) is 11.5 Å². The van der Waals surface area contributed by atoms with Crippen LogP contribution in [0.1, 0.15) is 29.7 Å².